The van der Waals surface area contributed by atoms with Crippen molar-refractivity contribution in [1.82, 2.24) is 14.9 Å². The van der Waals surface area contributed by atoms with Crippen LogP contribution in [0.15, 0.2) is 41.6 Å². The van der Waals surface area contributed by atoms with Gasteiger partial charge in [0.15, 0.2) is 0 Å². The first-order valence-electron chi connectivity index (χ1n) is 6.13. The predicted molar refractivity (Wildman–Crippen MR) is 84.7 cm³/mol. The zero-order valence-corrected chi connectivity index (χ0v) is 13.1. The number of amides is 1. The Kier molecular flexibility index (Phi) is 4.89. The molecule has 0 aliphatic rings. The maximum atomic E-state index is 11.9. The second-order valence-electron chi connectivity index (χ2n) is 4.34. The molecule has 104 valence electrons. The SMILES string of the molecule is Cc1cncn(CCNC(=O)c2ccc(I)cc2)c1=O. The molecule has 1 N–H and O–H groups in total. The van der Waals surface area contributed by atoms with E-state index in [2.05, 4.69) is 32.9 Å². The third kappa shape index (κ3) is 3.66. The molecular formula is C14H14IN3O2. The van der Waals surface area contributed by atoms with E-state index >= 15 is 0 Å². The van der Waals surface area contributed by atoms with Crippen LogP contribution >= 0.6 is 22.6 Å². The van der Waals surface area contributed by atoms with Gasteiger partial charge in [0.1, 0.15) is 0 Å². The third-order valence-corrected chi connectivity index (χ3v) is 3.54. The molecule has 1 aromatic carbocycles. The van der Waals surface area contributed by atoms with Gasteiger partial charge in [-0.2, -0.15) is 0 Å². The first-order chi connectivity index (χ1) is 9.58. The van der Waals surface area contributed by atoms with Crippen molar-refractivity contribution in [3.8, 4) is 0 Å². The second kappa shape index (κ2) is 6.65. The van der Waals surface area contributed by atoms with Gasteiger partial charge in [0.2, 0.25) is 0 Å². The summed E-state index contributed by atoms with van der Waals surface area (Å²) in [6, 6.07) is 7.31. The number of hydrogen-bond acceptors (Lipinski definition) is 3. The van der Waals surface area contributed by atoms with Crippen molar-refractivity contribution in [2.24, 2.45) is 0 Å². The maximum absolute atomic E-state index is 11.9. The van der Waals surface area contributed by atoms with Gasteiger partial charge in [-0.1, -0.05) is 0 Å². The highest BCUT2D eigenvalue weighted by atomic mass is 127. The average molecular weight is 383 g/mol. The highest BCUT2D eigenvalue weighted by Crippen LogP contribution is 2.06. The Balaban J connectivity index is 1.93. The van der Waals surface area contributed by atoms with E-state index in [-0.39, 0.29) is 11.5 Å². The molecule has 20 heavy (non-hydrogen) atoms. The summed E-state index contributed by atoms with van der Waals surface area (Å²) in [6.45, 7) is 2.51. The van der Waals surface area contributed by atoms with Crippen molar-refractivity contribution >= 4 is 28.5 Å². The van der Waals surface area contributed by atoms with E-state index in [4.69, 9.17) is 0 Å². The van der Waals surface area contributed by atoms with Gasteiger partial charge in [-0.05, 0) is 53.8 Å². The summed E-state index contributed by atoms with van der Waals surface area (Å²) >= 11 is 2.19. The molecule has 0 fully saturated rings. The van der Waals surface area contributed by atoms with Crippen LogP contribution in [-0.2, 0) is 6.54 Å². The fourth-order valence-electron chi connectivity index (χ4n) is 1.71. The van der Waals surface area contributed by atoms with Crippen LogP contribution in [0.4, 0.5) is 0 Å². The highest BCUT2D eigenvalue weighted by Gasteiger charge is 2.05. The van der Waals surface area contributed by atoms with Gasteiger partial charge < -0.3 is 5.32 Å². The van der Waals surface area contributed by atoms with E-state index in [9.17, 15) is 9.59 Å². The number of aryl methyl sites for hydroxylation is 1. The molecule has 0 saturated carbocycles. The van der Waals surface area contributed by atoms with Gasteiger partial charge in [-0.25, -0.2) is 4.98 Å². The minimum Gasteiger partial charge on any atom is -0.350 e. The summed E-state index contributed by atoms with van der Waals surface area (Å²) in [7, 11) is 0. The van der Waals surface area contributed by atoms with Crippen LogP contribution < -0.4 is 10.9 Å². The van der Waals surface area contributed by atoms with Gasteiger partial charge in [-0.3, -0.25) is 14.2 Å². The molecule has 1 heterocycles. The molecule has 0 bridgehead atoms. The molecule has 2 aromatic rings. The Labute approximate surface area is 130 Å². The van der Waals surface area contributed by atoms with Gasteiger partial charge in [0.25, 0.3) is 11.5 Å². The molecule has 0 unspecified atom stereocenters. The molecule has 5 nitrogen and oxygen atoms in total. The first-order valence-corrected chi connectivity index (χ1v) is 7.20. The zero-order valence-electron chi connectivity index (χ0n) is 11.0. The van der Waals surface area contributed by atoms with Gasteiger partial charge in [0.05, 0.1) is 6.33 Å². The maximum Gasteiger partial charge on any atom is 0.256 e. The number of nitrogens with one attached hydrogen (secondary N) is 1. The van der Waals surface area contributed by atoms with E-state index in [0.29, 0.717) is 24.2 Å². The number of carbonyl (C=O) groups excluding carboxylic acids is 1. The van der Waals surface area contributed by atoms with E-state index in [0.717, 1.165) is 3.57 Å². The number of hydrogen-bond donors (Lipinski definition) is 1. The number of nitrogens with zero attached hydrogens (tertiary/aromatic N) is 2. The monoisotopic (exact) mass is 383 g/mol. The minimum atomic E-state index is -0.143. The van der Waals surface area contributed by atoms with Crippen molar-refractivity contribution < 1.29 is 4.79 Å². The Morgan fingerprint density at radius 3 is 2.75 bits per heavy atom. The molecule has 0 saturated heterocycles. The largest absolute Gasteiger partial charge is 0.350 e. The Bertz CT molecular complexity index is 665. The summed E-state index contributed by atoms with van der Waals surface area (Å²) in [5, 5.41) is 2.78. The van der Waals surface area contributed by atoms with Crippen LogP contribution in [0.3, 0.4) is 0 Å². The summed E-state index contributed by atoms with van der Waals surface area (Å²) in [5.74, 6) is -0.143. The van der Waals surface area contributed by atoms with Crippen LogP contribution in [0.1, 0.15) is 15.9 Å². The van der Waals surface area contributed by atoms with Crippen molar-refractivity contribution in [3.05, 3.63) is 61.8 Å². The van der Waals surface area contributed by atoms with E-state index in [1.54, 1.807) is 19.1 Å². The van der Waals surface area contributed by atoms with Crippen molar-refractivity contribution in [2.75, 3.05) is 6.54 Å². The predicted octanol–water partition coefficient (Wildman–Crippen LogP) is 1.59. The lowest BCUT2D eigenvalue weighted by molar-refractivity contribution is 0.0952. The molecule has 0 aliphatic heterocycles. The molecule has 0 radical (unpaired) electrons. The molecule has 1 amide bonds. The summed E-state index contributed by atoms with van der Waals surface area (Å²) in [6.07, 6.45) is 3.01. The fraction of sp³-hybridized carbons (Fsp3) is 0.214. The van der Waals surface area contributed by atoms with E-state index in [1.807, 2.05) is 12.1 Å². The molecule has 6 heteroatoms. The standard InChI is InChI=1S/C14H14IN3O2/c1-10-8-16-9-18(14(10)20)7-6-17-13(19)11-2-4-12(15)5-3-11/h2-5,8-9H,6-7H2,1H3,(H,17,19). The number of carbonyl (C=O) groups is 1. The molecule has 1 aromatic heterocycles. The van der Waals surface area contributed by atoms with Crippen LogP contribution in [0.25, 0.3) is 0 Å². The lowest BCUT2D eigenvalue weighted by Gasteiger charge is -2.07. The van der Waals surface area contributed by atoms with Crippen LogP contribution in [-0.4, -0.2) is 22.0 Å². The lowest BCUT2D eigenvalue weighted by atomic mass is 10.2. The zero-order chi connectivity index (χ0) is 14.5. The minimum absolute atomic E-state index is 0.0801. The third-order valence-electron chi connectivity index (χ3n) is 2.82. The topological polar surface area (TPSA) is 64.0 Å². The summed E-state index contributed by atoms with van der Waals surface area (Å²) in [4.78, 5) is 27.6. The van der Waals surface area contributed by atoms with E-state index < -0.39 is 0 Å². The average Bonchev–Trinajstić information content (AvgIpc) is 2.44. The van der Waals surface area contributed by atoms with Gasteiger partial charge in [0, 0.05) is 34.0 Å². The molecule has 0 spiro atoms. The van der Waals surface area contributed by atoms with Crippen LogP contribution in [0, 0.1) is 10.5 Å². The Morgan fingerprint density at radius 2 is 2.05 bits per heavy atom. The van der Waals surface area contributed by atoms with Crippen LogP contribution in [0.5, 0.6) is 0 Å². The van der Waals surface area contributed by atoms with Crippen molar-refractivity contribution in [1.29, 1.82) is 0 Å². The number of halogens is 1. The Morgan fingerprint density at radius 1 is 1.35 bits per heavy atom. The molecule has 2 rings (SSSR count). The summed E-state index contributed by atoms with van der Waals surface area (Å²) in [5.41, 5.74) is 1.13. The second-order valence-corrected chi connectivity index (χ2v) is 5.58. The van der Waals surface area contributed by atoms with Crippen LogP contribution in [0.2, 0.25) is 0 Å². The number of aromatic nitrogens is 2. The normalized spacial score (nSPS) is 10.3. The first kappa shape index (κ1) is 14.7. The van der Waals surface area contributed by atoms with Crippen molar-refractivity contribution in [3.63, 3.8) is 0 Å². The molecule has 0 aliphatic carbocycles. The molecule has 0 atom stereocenters. The fourth-order valence-corrected chi connectivity index (χ4v) is 2.07. The highest BCUT2D eigenvalue weighted by molar-refractivity contribution is 14.1. The lowest BCUT2D eigenvalue weighted by Crippen LogP contribution is -2.31. The van der Waals surface area contributed by atoms with E-state index in [1.165, 1.54) is 17.1 Å². The Hall–Kier alpha value is -1.70. The number of benzene rings is 1. The smallest absolute Gasteiger partial charge is 0.256 e. The molecular weight excluding hydrogens is 369 g/mol. The summed E-state index contributed by atoms with van der Waals surface area (Å²) < 4.78 is 2.57. The number of rotatable bonds is 4. The van der Waals surface area contributed by atoms with Gasteiger partial charge in [-0.15, -0.1) is 0 Å². The van der Waals surface area contributed by atoms with Crippen molar-refractivity contribution in [2.45, 2.75) is 13.5 Å². The quantitative estimate of drug-likeness (QED) is 0.816. The van der Waals surface area contributed by atoms with Gasteiger partial charge >= 0.3 is 0 Å².